The monoisotopic (exact) mass is 273 g/mol. The minimum Gasteiger partial charge on any atom is -0.317 e. The number of rotatable bonds is 6. The molecule has 2 atom stereocenters. The zero-order valence-electron chi connectivity index (χ0n) is 10.8. The molecule has 1 rings (SSSR count). The highest BCUT2D eigenvalue weighted by molar-refractivity contribution is 6.42. The smallest absolute Gasteiger partial charge is 0.0624 e. The predicted molar refractivity (Wildman–Crippen MR) is 77.1 cm³/mol. The van der Waals surface area contributed by atoms with Gasteiger partial charge in [-0.1, -0.05) is 55.6 Å². The summed E-state index contributed by atoms with van der Waals surface area (Å²) in [5.41, 5.74) is 1.13. The van der Waals surface area contributed by atoms with E-state index in [-0.39, 0.29) is 0 Å². The molecule has 0 aromatic heterocycles. The van der Waals surface area contributed by atoms with Gasteiger partial charge in [-0.15, -0.1) is 0 Å². The lowest BCUT2D eigenvalue weighted by Crippen LogP contribution is -2.29. The molecule has 0 saturated heterocycles. The zero-order chi connectivity index (χ0) is 12.8. The van der Waals surface area contributed by atoms with E-state index >= 15 is 0 Å². The van der Waals surface area contributed by atoms with Crippen molar-refractivity contribution < 1.29 is 0 Å². The SMILES string of the molecule is CCC(C)CC(Cc1cccc(Cl)c1Cl)NC. The maximum Gasteiger partial charge on any atom is 0.0624 e. The van der Waals surface area contributed by atoms with E-state index in [4.69, 9.17) is 23.2 Å². The number of likely N-dealkylation sites (N-methyl/N-ethyl adjacent to an activating group) is 1. The van der Waals surface area contributed by atoms with Crippen LogP contribution in [-0.2, 0) is 6.42 Å². The van der Waals surface area contributed by atoms with E-state index in [1.807, 2.05) is 19.2 Å². The molecular formula is C14H21Cl2N. The molecule has 0 saturated carbocycles. The summed E-state index contributed by atoms with van der Waals surface area (Å²) in [5, 5.41) is 4.70. The fourth-order valence-electron chi connectivity index (χ4n) is 1.93. The summed E-state index contributed by atoms with van der Waals surface area (Å²) in [5.74, 6) is 0.727. The van der Waals surface area contributed by atoms with Gasteiger partial charge in [0, 0.05) is 6.04 Å². The van der Waals surface area contributed by atoms with Crippen molar-refractivity contribution in [1.29, 1.82) is 0 Å². The van der Waals surface area contributed by atoms with E-state index in [1.54, 1.807) is 0 Å². The van der Waals surface area contributed by atoms with Crippen molar-refractivity contribution in [3.05, 3.63) is 33.8 Å². The Morgan fingerprint density at radius 3 is 2.59 bits per heavy atom. The highest BCUT2D eigenvalue weighted by atomic mass is 35.5. The molecule has 1 aromatic carbocycles. The minimum absolute atomic E-state index is 0.459. The third kappa shape index (κ3) is 4.50. The molecule has 1 aromatic rings. The van der Waals surface area contributed by atoms with E-state index < -0.39 is 0 Å². The number of hydrogen-bond acceptors (Lipinski definition) is 1. The third-order valence-electron chi connectivity index (χ3n) is 3.29. The van der Waals surface area contributed by atoms with Gasteiger partial charge in [0.05, 0.1) is 10.0 Å². The Labute approximate surface area is 115 Å². The molecule has 0 aliphatic rings. The van der Waals surface area contributed by atoms with Crippen LogP contribution < -0.4 is 5.32 Å². The van der Waals surface area contributed by atoms with Crippen LogP contribution in [0.3, 0.4) is 0 Å². The first kappa shape index (κ1) is 14.8. The van der Waals surface area contributed by atoms with E-state index in [0.29, 0.717) is 16.1 Å². The lowest BCUT2D eigenvalue weighted by atomic mass is 9.95. The molecule has 0 bridgehead atoms. The molecule has 0 aliphatic carbocycles. The summed E-state index contributed by atoms with van der Waals surface area (Å²) in [6.07, 6.45) is 3.30. The summed E-state index contributed by atoms with van der Waals surface area (Å²) in [6.45, 7) is 4.51. The largest absolute Gasteiger partial charge is 0.317 e. The highest BCUT2D eigenvalue weighted by Crippen LogP contribution is 2.27. The molecular weight excluding hydrogens is 253 g/mol. The van der Waals surface area contributed by atoms with E-state index in [1.165, 1.54) is 6.42 Å². The van der Waals surface area contributed by atoms with Crippen molar-refractivity contribution >= 4 is 23.2 Å². The van der Waals surface area contributed by atoms with Gasteiger partial charge in [0.15, 0.2) is 0 Å². The number of nitrogens with one attached hydrogen (secondary N) is 1. The fraction of sp³-hybridized carbons (Fsp3) is 0.571. The molecule has 0 fully saturated rings. The van der Waals surface area contributed by atoms with Crippen LogP contribution in [0.4, 0.5) is 0 Å². The van der Waals surface area contributed by atoms with Crippen molar-refractivity contribution in [3.8, 4) is 0 Å². The van der Waals surface area contributed by atoms with Crippen LogP contribution in [0.1, 0.15) is 32.3 Å². The Morgan fingerprint density at radius 1 is 1.29 bits per heavy atom. The molecule has 0 amide bonds. The lowest BCUT2D eigenvalue weighted by molar-refractivity contribution is 0.410. The van der Waals surface area contributed by atoms with Crippen LogP contribution in [0.5, 0.6) is 0 Å². The Hall–Kier alpha value is -0.240. The van der Waals surface area contributed by atoms with Crippen LogP contribution >= 0.6 is 23.2 Å². The summed E-state index contributed by atoms with van der Waals surface area (Å²) in [6, 6.07) is 6.30. The van der Waals surface area contributed by atoms with Gasteiger partial charge in [-0.05, 0) is 37.4 Å². The van der Waals surface area contributed by atoms with Crippen LogP contribution in [0.2, 0.25) is 10.0 Å². The van der Waals surface area contributed by atoms with Gasteiger partial charge in [-0.3, -0.25) is 0 Å². The molecule has 17 heavy (non-hydrogen) atoms. The summed E-state index contributed by atoms with van der Waals surface area (Å²) in [4.78, 5) is 0. The quantitative estimate of drug-likeness (QED) is 0.801. The number of benzene rings is 1. The molecule has 3 heteroatoms. The normalized spacial score (nSPS) is 14.6. The molecule has 0 radical (unpaired) electrons. The molecule has 0 heterocycles. The summed E-state index contributed by atoms with van der Waals surface area (Å²) < 4.78 is 0. The van der Waals surface area contributed by atoms with Crippen molar-refractivity contribution in [2.24, 2.45) is 5.92 Å². The summed E-state index contributed by atoms with van der Waals surface area (Å²) in [7, 11) is 2.01. The molecule has 1 N–H and O–H groups in total. The fourth-order valence-corrected chi connectivity index (χ4v) is 2.32. The predicted octanol–water partition coefficient (Wildman–Crippen LogP) is 4.56. The van der Waals surface area contributed by atoms with Crippen molar-refractivity contribution in [3.63, 3.8) is 0 Å². The standard InChI is InChI=1S/C14H21Cl2N/c1-4-10(2)8-12(17-3)9-11-6-5-7-13(15)14(11)16/h5-7,10,12,17H,4,8-9H2,1-3H3. The van der Waals surface area contributed by atoms with Crippen LogP contribution in [-0.4, -0.2) is 13.1 Å². The molecule has 1 nitrogen and oxygen atoms in total. The number of hydrogen-bond donors (Lipinski definition) is 1. The van der Waals surface area contributed by atoms with Crippen LogP contribution in [0.15, 0.2) is 18.2 Å². The topological polar surface area (TPSA) is 12.0 Å². The second kappa shape index (κ2) is 7.25. The maximum absolute atomic E-state index is 6.20. The lowest BCUT2D eigenvalue weighted by Gasteiger charge is -2.20. The Balaban J connectivity index is 2.70. The van der Waals surface area contributed by atoms with Crippen molar-refractivity contribution in [1.82, 2.24) is 5.32 Å². The maximum atomic E-state index is 6.20. The first-order valence-corrected chi connectivity index (χ1v) is 6.94. The Morgan fingerprint density at radius 2 is 2.00 bits per heavy atom. The highest BCUT2D eigenvalue weighted by Gasteiger charge is 2.13. The minimum atomic E-state index is 0.459. The van der Waals surface area contributed by atoms with Gasteiger partial charge < -0.3 is 5.32 Å². The van der Waals surface area contributed by atoms with Gasteiger partial charge in [0.1, 0.15) is 0 Å². The van der Waals surface area contributed by atoms with Crippen molar-refractivity contribution in [2.75, 3.05) is 7.05 Å². The second-order valence-corrected chi connectivity index (χ2v) is 5.44. The van der Waals surface area contributed by atoms with E-state index in [9.17, 15) is 0 Å². The number of halogens is 2. The first-order valence-electron chi connectivity index (χ1n) is 6.18. The first-order chi connectivity index (χ1) is 8.08. The van der Waals surface area contributed by atoms with Crippen LogP contribution in [0.25, 0.3) is 0 Å². The Kier molecular flexibility index (Phi) is 6.32. The Bertz CT molecular complexity index is 352. The third-order valence-corrected chi connectivity index (χ3v) is 4.15. The van der Waals surface area contributed by atoms with Gasteiger partial charge in [-0.25, -0.2) is 0 Å². The van der Waals surface area contributed by atoms with Gasteiger partial charge in [-0.2, -0.15) is 0 Å². The molecule has 0 aliphatic heterocycles. The van der Waals surface area contributed by atoms with Crippen molar-refractivity contribution in [2.45, 2.75) is 39.2 Å². The van der Waals surface area contributed by atoms with Crippen LogP contribution in [0, 0.1) is 5.92 Å². The van der Waals surface area contributed by atoms with Gasteiger partial charge in [0.25, 0.3) is 0 Å². The summed E-state index contributed by atoms with van der Waals surface area (Å²) >= 11 is 12.2. The molecule has 96 valence electrons. The molecule has 0 spiro atoms. The van der Waals surface area contributed by atoms with E-state index in [2.05, 4.69) is 25.2 Å². The molecule has 2 unspecified atom stereocenters. The van der Waals surface area contributed by atoms with E-state index in [0.717, 1.165) is 24.3 Å². The van der Waals surface area contributed by atoms with Gasteiger partial charge >= 0.3 is 0 Å². The second-order valence-electron chi connectivity index (χ2n) is 4.65. The average Bonchev–Trinajstić information content (AvgIpc) is 2.33. The zero-order valence-corrected chi connectivity index (χ0v) is 12.3. The van der Waals surface area contributed by atoms with Gasteiger partial charge in [0.2, 0.25) is 0 Å². The average molecular weight is 274 g/mol.